The van der Waals surface area contributed by atoms with E-state index < -0.39 is 53.3 Å². The third-order valence-corrected chi connectivity index (χ3v) is 9.29. The number of methoxy groups -OCH3 is 1. The van der Waals surface area contributed by atoms with E-state index >= 15 is 0 Å². The number of hydrogen-bond donors (Lipinski definition) is 2. The van der Waals surface area contributed by atoms with Gasteiger partial charge >= 0.3 is 18.4 Å². The molecule has 13 heteroatoms. The number of likely N-dealkylation sites (tertiary alicyclic amines) is 1. The summed E-state index contributed by atoms with van der Waals surface area (Å²) in [6.45, 7) is 5.05. The monoisotopic (exact) mass is 754 g/mol. The first-order chi connectivity index (χ1) is 26.2. The average molecular weight is 755 g/mol. The summed E-state index contributed by atoms with van der Waals surface area (Å²) in [5, 5.41) is 6.96. The lowest BCUT2D eigenvalue weighted by molar-refractivity contribution is -0.274. The first-order valence-electron chi connectivity index (χ1n) is 17.7. The van der Waals surface area contributed by atoms with E-state index in [1.165, 1.54) is 17.0 Å². The van der Waals surface area contributed by atoms with Crippen LogP contribution in [-0.2, 0) is 31.0 Å². The Kier molecular flexibility index (Phi) is 11.0. The summed E-state index contributed by atoms with van der Waals surface area (Å²) in [7, 11) is 1.13. The van der Waals surface area contributed by atoms with Crippen molar-refractivity contribution >= 4 is 34.6 Å². The first-order valence-corrected chi connectivity index (χ1v) is 17.7. The van der Waals surface area contributed by atoms with Crippen LogP contribution in [0, 0.1) is 0 Å². The first kappa shape index (κ1) is 38.6. The minimum atomic E-state index is -5.10. The van der Waals surface area contributed by atoms with Gasteiger partial charge in [-0.1, -0.05) is 91.0 Å². The Bertz CT molecular complexity index is 2050. The highest BCUT2D eigenvalue weighted by Crippen LogP contribution is 2.42. The SMILES string of the molecule is COC(=O)[C@@H](Cc1cc2ccnc(NC(c3ccccc3)(c3ccccc3)c3ccccc3)c2cc1OC(F)(F)F)N1CC[C@H](NC(=O)OC(C)(C)C)C1=O. The van der Waals surface area contributed by atoms with Crippen molar-refractivity contribution in [3.05, 3.63) is 138 Å². The number of nitrogens with zero attached hydrogens (tertiary/aromatic N) is 2. The second kappa shape index (κ2) is 15.7. The number of nitrogens with one attached hydrogen (secondary N) is 2. The Balaban J connectivity index is 1.43. The van der Waals surface area contributed by atoms with Crippen LogP contribution in [-0.4, -0.2) is 65.6 Å². The van der Waals surface area contributed by atoms with Crippen LogP contribution in [0.2, 0.25) is 0 Å². The van der Waals surface area contributed by atoms with Crippen LogP contribution >= 0.6 is 0 Å². The minimum Gasteiger partial charge on any atom is -0.467 e. The number of amides is 2. The van der Waals surface area contributed by atoms with Crippen LogP contribution in [0.1, 0.15) is 49.4 Å². The van der Waals surface area contributed by atoms with Crippen molar-refractivity contribution in [2.75, 3.05) is 19.0 Å². The lowest BCUT2D eigenvalue weighted by Gasteiger charge is -2.37. The molecule has 1 aromatic heterocycles. The van der Waals surface area contributed by atoms with E-state index in [1.807, 2.05) is 91.0 Å². The Hall–Kier alpha value is -6.11. The highest BCUT2D eigenvalue weighted by molar-refractivity contribution is 5.95. The number of aromatic nitrogens is 1. The molecule has 0 radical (unpaired) electrons. The summed E-state index contributed by atoms with van der Waals surface area (Å²) < 4.78 is 57.3. The third-order valence-electron chi connectivity index (χ3n) is 9.29. The normalized spacial score (nSPS) is 15.4. The van der Waals surface area contributed by atoms with Gasteiger partial charge in [0.05, 0.1) is 7.11 Å². The largest absolute Gasteiger partial charge is 0.573 e. The van der Waals surface area contributed by atoms with Gasteiger partial charge in [0.2, 0.25) is 5.91 Å². The molecule has 1 aliphatic heterocycles. The molecule has 0 bridgehead atoms. The van der Waals surface area contributed by atoms with Crippen molar-refractivity contribution in [3.63, 3.8) is 0 Å². The number of ether oxygens (including phenoxy) is 3. The fourth-order valence-electron chi connectivity index (χ4n) is 6.95. The van der Waals surface area contributed by atoms with E-state index in [9.17, 15) is 27.6 Å². The second-order valence-electron chi connectivity index (χ2n) is 14.1. The maximum Gasteiger partial charge on any atom is 0.573 e. The quantitative estimate of drug-likeness (QED) is 0.104. The fourth-order valence-corrected chi connectivity index (χ4v) is 6.95. The molecular weight excluding hydrogens is 713 g/mol. The number of benzene rings is 4. The summed E-state index contributed by atoms with van der Waals surface area (Å²) in [4.78, 5) is 45.1. The van der Waals surface area contributed by atoms with E-state index in [2.05, 4.69) is 20.4 Å². The number of pyridine rings is 1. The lowest BCUT2D eigenvalue weighted by atomic mass is 9.77. The van der Waals surface area contributed by atoms with Gasteiger partial charge in [-0.25, -0.2) is 14.6 Å². The number of alkyl halides is 3. The van der Waals surface area contributed by atoms with Crippen LogP contribution in [0.15, 0.2) is 115 Å². The number of carbonyl (C=O) groups excluding carboxylic acids is 3. The van der Waals surface area contributed by atoms with Gasteiger partial charge < -0.3 is 29.7 Å². The van der Waals surface area contributed by atoms with Crippen molar-refractivity contribution in [1.29, 1.82) is 0 Å². The van der Waals surface area contributed by atoms with Crippen molar-refractivity contribution < 1.29 is 41.8 Å². The molecule has 2 heterocycles. The van der Waals surface area contributed by atoms with E-state index in [1.54, 1.807) is 33.0 Å². The molecule has 0 spiro atoms. The zero-order valence-corrected chi connectivity index (χ0v) is 30.7. The molecule has 4 aromatic carbocycles. The summed E-state index contributed by atoms with van der Waals surface area (Å²) in [5.41, 5.74) is 0.683. The Morgan fingerprint density at radius 1 is 0.873 bits per heavy atom. The standard InChI is InChI=1S/C42H41F3N4O6/c1-40(2,3)55-39(52)47-33-21-23-49(37(33)50)34(38(51)53-4)25-28-24-27-20-22-46-36(32(27)26-35(28)54-42(43,44)45)48-41(29-14-8-5-9-15-29,30-16-10-6-11-17-30)31-18-12-7-13-19-31/h5-20,22,24,26,33-34H,21,23,25H2,1-4H3,(H,46,48)(H,47,52)/t33-,34+/m0/s1. The molecule has 1 saturated heterocycles. The summed E-state index contributed by atoms with van der Waals surface area (Å²) in [6, 6.07) is 31.0. The molecule has 0 unspecified atom stereocenters. The van der Waals surface area contributed by atoms with Crippen molar-refractivity contribution in [3.8, 4) is 5.75 Å². The van der Waals surface area contributed by atoms with E-state index in [-0.39, 0.29) is 30.8 Å². The Morgan fingerprint density at radius 3 is 1.95 bits per heavy atom. The van der Waals surface area contributed by atoms with Gasteiger partial charge in [-0.2, -0.15) is 0 Å². The fraction of sp³-hybridized carbons (Fsp3) is 0.286. The number of anilines is 1. The maximum atomic E-state index is 14.1. The number of hydrogen-bond acceptors (Lipinski definition) is 8. The summed E-state index contributed by atoms with van der Waals surface area (Å²) >= 11 is 0. The molecular formula is C42H41F3N4O6. The van der Waals surface area contributed by atoms with Gasteiger partial charge in [-0.15, -0.1) is 13.2 Å². The van der Waals surface area contributed by atoms with Crippen LogP contribution in [0.3, 0.4) is 0 Å². The molecule has 2 amide bonds. The lowest BCUT2D eigenvalue weighted by Crippen LogP contribution is -2.49. The summed E-state index contributed by atoms with van der Waals surface area (Å²) in [6.07, 6.45) is -4.62. The molecule has 5 aromatic rings. The molecule has 55 heavy (non-hydrogen) atoms. The van der Waals surface area contributed by atoms with E-state index in [4.69, 9.17) is 9.47 Å². The highest BCUT2D eigenvalue weighted by atomic mass is 19.4. The Morgan fingerprint density at radius 2 is 1.44 bits per heavy atom. The number of rotatable bonds is 11. The molecule has 0 aliphatic carbocycles. The maximum absolute atomic E-state index is 14.1. The van der Waals surface area contributed by atoms with Crippen molar-refractivity contribution in [1.82, 2.24) is 15.2 Å². The van der Waals surface area contributed by atoms with E-state index in [0.29, 0.717) is 10.8 Å². The van der Waals surface area contributed by atoms with Crippen LogP contribution in [0.4, 0.5) is 23.8 Å². The zero-order valence-electron chi connectivity index (χ0n) is 30.7. The van der Waals surface area contributed by atoms with Gasteiger partial charge in [0.1, 0.15) is 34.8 Å². The molecule has 2 N–H and O–H groups in total. The predicted molar refractivity (Wildman–Crippen MR) is 200 cm³/mol. The number of esters is 1. The number of halogens is 3. The predicted octanol–water partition coefficient (Wildman–Crippen LogP) is 7.75. The molecule has 1 aliphatic rings. The van der Waals surface area contributed by atoms with Crippen LogP contribution in [0.25, 0.3) is 10.8 Å². The molecule has 1 fully saturated rings. The van der Waals surface area contributed by atoms with Gasteiger partial charge in [0.15, 0.2) is 0 Å². The smallest absolute Gasteiger partial charge is 0.467 e. The van der Waals surface area contributed by atoms with Gasteiger partial charge in [0, 0.05) is 24.5 Å². The van der Waals surface area contributed by atoms with Crippen LogP contribution < -0.4 is 15.4 Å². The summed E-state index contributed by atoms with van der Waals surface area (Å²) in [5.74, 6) is -1.76. The molecule has 0 saturated carbocycles. The highest BCUT2D eigenvalue weighted by Gasteiger charge is 2.42. The number of carbonyl (C=O) groups is 3. The molecule has 10 nitrogen and oxygen atoms in total. The topological polar surface area (TPSA) is 119 Å². The van der Waals surface area contributed by atoms with Crippen molar-refractivity contribution in [2.24, 2.45) is 0 Å². The zero-order chi connectivity index (χ0) is 39.4. The second-order valence-corrected chi connectivity index (χ2v) is 14.1. The molecule has 6 rings (SSSR count). The van der Waals surface area contributed by atoms with Crippen LogP contribution in [0.5, 0.6) is 5.75 Å². The van der Waals surface area contributed by atoms with Gasteiger partial charge in [-0.05, 0) is 73.0 Å². The molecule has 286 valence electrons. The minimum absolute atomic E-state index is 0.00540. The third kappa shape index (κ3) is 8.66. The van der Waals surface area contributed by atoms with Crippen molar-refractivity contribution in [2.45, 2.75) is 63.2 Å². The van der Waals surface area contributed by atoms with Gasteiger partial charge in [-0.3, -0.25) is 4.79 Å². The number of fused-ring (bicyclic) bond motifs is 1. The van der Waals surface area contributed by atoms with E-state index in [0.717, 1.165) is 23.8 Å². The average Bonchev–Trinajstić information content (AvgIpc) is 3.50. The molecule has 2 atom stereocenters. The number of alkyl carbamates (subject to hydrolysis) is 1. The van der Waals surface area contributed by atoms with Gasteiger partial charge in [0.25, 0.3) is 0 Å². The Labute approximate surface area is 316 Å².